The van der Waals surface area contributed by atoms with Gasteiger partial charge >= 0.3 is 0 Å². The zero-order valence-corrected chi connectivity index (χ0v) is 29.4. The molecule has 13 heteroatoms. The molecular formula is C34H53N8O4P. The van der Waals surface area contributed by atoms with Gasteiger partial charge in [-0.05, 0) is 53.0 Å². The molecule has 3 atom stereocenters. The third kappa shape index (κ3) is 9.89. The molecule has 258 valence electrons. The highest BCUT2D eigenvalue weighted by atomic mass is 31.2. The van der Waals surface area contributed by atoms with Crippen molar-refractivity contribution in [3.8, 4) is 6.07 Å². The van der Waals surface area contributed by atoms with E-state index in [2.05, 4.69) is 75.9 Å². The number of nitriles is 1. The van der Waals surface area contributed by atoms with Crippen LogP contribution in [0.5, 0.6) is 0 Å². The van der Waals surface area contributed by atoms with E-state index in [-0.39, 0.29) is 25.6 Å². The minimum Gasteiger partial charge on any atom is -0.400 e. The number of imidazole rings is 1. The fraction of sp³-hybridized carbons (Fsp3) is 0.647. The standard InChI is InChI=1S/C33H49N8O3P.CH4O/c1-25(2)41(26(3)4)45(42-18-12-17-34)43-22-33(5)21-39(28-15-10-7-11-16-28)20-29(44-33)40-24-38-30-31(36-23-37-32(30)40)35-19-27-13-8-6-9-14-27;1-2/h6,8-9,13-14,23-26,28-29H,7,10-12,15-16,18-22H2,1-5H3,(H,35,36,37);2H,1H3/t29-,33+,45?;/m1./s1/i5D;2T. The summed E-state index contributed by atoms with van der Waals surface area (Å²) >= 11 is 0. The number of aliphatic hydroxyl groups excluding tert-OH is 1. The number of hydrogen-bond donors (Lipinski definition) is 2. The normalized spacial score (nSPS) is 22.1. The van der Waals surface area contributed by atoms with Crippen LogP contribution < -0.4 is 5.32 Å². The van der Waals surface area contributed by atoms with E-state index in [1.165, 1.54) is 26.4 Å². The van der Waals surface area contributed by atoms with Gasteiger partial charge in [-0.1, -0.05) is 49.6 Å². The summed E-state index contributed by atoms with van der Waals surface area (Å²) in [6.45, 7) is 10.9. The molecule has 2 N–H and O–H groups in total. The van der Waals surface area contributed by atoms with Crippen LogP contribution in [0.25, 0.3) is 11.2 Å². The molecule has 1 aliphatic carbocycles. The highest BCUT2D eigenvalue weighted by Gasteiger charge is 2.42. The van der Waals surface area contributed by atoms with E-state index in [1.807, 2.05) is 22.8 Å². The summed E-state index contributed by atoms with van der Waals surface area (Å²) in [4.78, 5) is 16.4. The molecule has 3 aromatic rings. The van der Waals surface area contributed by atoms with Crippen LogP contribution in [0, 0.1) is 11.3 Å². The van der Waals surface area contributed by atoms with Gasteiger partial charge < -0.3 is 24.2 Å². The SMILES string of the molecule is [2H]C[C@@]1(COP(OCCC#N)N(C(C)C)C(C)C)CN(C2CCCCC2)C[C@H](n2cnc3c(NCc4ccccc4)ncnc32)O1.[3H]OC. The second kappa shape index (κ2) is 18.1. The maximum atomic E-state index is 9.15. The summed E-state index contributed by atoms with van der Waals surface area (Å²) in [5.74, 6) is 0.672. The first-order chi connectivity index (χ1) is 23.8. The third-order valence-electron chi connectivity index (χ3n) is 8.43. The summed E-state index contributed by atoms with van der Waals surface area (Å²) in [6.07, 6.45) is 9.20. The lowest BCUT2D eigenvalue weighted by Gasteiger charge is -2.48. The van der Waals surface area contributed by atoms with E-state index in [1.54, 1.807) is 12.7 Å². The van der Waals surface area contributed by atoms with Crippen molar-refractivity contribution in [2.24, 2.45) is 0 Å². The van der Waals surface area contributed by atoms with Crippen molar-refractivity contribution < 1.29 is 20.3 Å². The Labute approximate surface area is 284 Å². The van der Waals surface area contributed by atoms with Crippen molar-refractivity contribution in [2.45, 2.75) is 110 Å². The molecule has 0 radical (unpaired) electrons. The highest BCUT2D eigenvalue weighted by Crippen LogP contribution is 2.47. The topological polar surface area (TPSA) is 134 Å². The quantitative estimate of drug-likeness (QED) is 0.149. The summed E-state index contributed by atoms with van der Waals surface area (Å²) < 4.78 is 38.4. The Morgan fingerprint density at radius 2 is 1.94 bits per heavy atom. The maximum absolute atomic E-state index is 9.15. The average molecular weight is 672 g/mol. The van der Waals surface area contributed by atoms with Crippen LogP contribution in [-0.4, -0.2) is 92.8 Å². The number of rotatable bonds is 14. The first kappa shape index (κ1) is 34.1. The lowest BCUT2D eigenvalue weighted by atomic mass is 9.92. The van der Waals surface area contributed by atoms with Gasteiger partial charge in [-0.15, -0.1) is 0 Å². The molecule has 12 nitrogen and oxygen atoms in total. The number of nitrogens with one attached hydrogen (secondary N) is 1. The van der Waals surface area contributed by atoms with E-state index < -0.39 is 20.4 Å². The molecule has 2 fully saturated rings. The van der Waals surface area contributed by atoms with Crippen molar-refractivity contribution in [3.63, 3.8) is 0 Å². The highest BCUT2D eigenvalue weighted by molar-refractivity contribution is 7.44. The number of anilines is 1. The number of benzene rings is 1. The second-order valence-electron chi connectivity index (χ2n) is 12.7. The molecule has 0 bridgehead atoms. The van der Waals surface area contributed by atoms with Crippen LogP contribution in [0.15, 0.2) is 43.0 Å². The van der Waals surface area contributed by atoms with Gasteiger partial charge in [0.15, 0.2) is 17.0 Å². The predicted octanol–water partition coefficient (Wildman–Crippen LogP) is 6.26. The van der Waals surface area contributed by atoms with Gasteiger partial charge in [0, 0.05) is 46.2 Å². The average Bonchev–Trinajstić information content (AvgIpc) is 3.55. The Balaban J connectivity index is 0.00000174. The first-order valence-corrected chi connectivity index (χ1v) is 17.8. The van der Waals surface area contributed by atoms with Crippen LogP contribution in [-0.2, 0) is 20.3 Å². The predicted molar refractivity (Wildman–Crippen MR) is 185 cm³/mol. The summed E-state index contributed by atoms with van der Waals surface area (Å²) in [6, 6.07) is 13.2. The number of fused-ring (bicyclic) bond motifs is 1. The van der Waals surface area contributed by atoms with Crippen molar-refractivity contribution in [3.05, 3.63) is 48.5 Å². The van der Waals surface area contributed by atoms with Crippen LogP contribution in [0.3, 0.4) is 0 Å². The van der Waals surface area contributed by atoms with Crippen LogP contribution in [0.4, 0.5) is 5.82 Å². The van der Waals surface area contributed by atoms with Crippen molar-refractivity contribution in [1.82, 2.24) is 29.1 Å². The Morgan fingerprint density at radius 3 is 2.62 bits per heavy atom. The number of nitrogens with zero attached hydrogens (tertiary/aromatic N) is 7. The molecule has 1 saturated carbocycles. The van der Waals surface area contributed by atoms with E-state index in [9.17, 15) is 0 Å². The summed E-state index contributed by atoms with van der Waals surface area (Å²) in [5, 5.41) is 16.1. The molecule has 1 aromatic carbocycles. The number of morpholine rings is 1. The molecule has 5 rings (SSSR count). The lowest BCUT2D eigenvalue weighted by Crippen LogP contribution is -2.57. The molecular weight excluding hydrogens is 615 g/mol. The molecule has 0 amide bonds. The van der Waals surface area contributed by atoms with E-state index in [4.69, 9.17) is 26.8 Å². The van der Waals surface area contributed by atoms with Crippen molar-refractivity contribution in [2.75, 3.05) is 38.7 Å². The zero-order valence-electron chi connectivity index (χ0n) is 30.5. The molecule has 1 aliphatic heterocycles. The minimum absolute atomic E-state index is 0.0307. The second-order valence-corrected chi connectivity index (χ2v) is 14.1. The third-order valence-corrected chi connectivity index (χ3v) is 10.5. The summed E-state index contributed by atoms with van der Waals surface area (Å²) in [7, 11) is -0.177. The van der Waals surface area contributed by atoms with Gasteiger partial charge in [-0.3, -0.25) is 9.47 Å². The van der Waals surface area contributed by atoms with E-state index in [0.717, 1.165) is 18.4 Å². The van der Waals surface area contributed by atoms with Crippen LogP contribution in [0.1, 0.15) is 86.3 Å². The van der Waals surface area contributed by atoms with Gasteiger partial charge in [-0.25, -0.2) is 19.6 Å². The van der Waals surface area contributed by atoms with Gasteiger partial charge in [0.1, 0.15) is 18.2 Å². The maximum Gasteiger partial charge on any atom is 0.259 e. The smallest absolute Gasteiger partial charge is 0.259 e. The molecule has 0 spiro atoms. The molecule has 1 saturated heterocycles. The Kier molecular flexibility index (Phi) is 13.2. The minimum atomic E-state index is -1.47. The van der Waals surface area contributed by atoms with Crippen LogP contribution >= 0.6 is 8.53 Å². The molecule has 2 aromatic heterocycles. The van der Waals surface area contributed by atoms with E-state index >= 15 is 0 Å². The van der Waals surface area contributed by atoms with Crippen molar-refractivity contribution in [1.29, 1.82) is 6.69 Å². The number of aromatic nitrogens is 4. The lowest BCUT2D eigenvalue weighted by molar-refractivity contribution is -0.195. The van der Waals surface area contributed by atoms with Gasteiger partial charge in [-0.2, -0.15) is 5.26 Å². The Morgan fingerprint density at radius 1 is 1.19 bits per heavy atom. The van der Waals surface area contributed by atoms with Gasteiger partial charge in [0.25, 0.3) is 8.53 Å². The zero-order chi connectivity index (χ0) is 35.2. The number of hydrogen-bond acceptors (Lipinski definition) is 11. The van der Waals surface area contributed by atoms with Gasteiger partial charge in [0.2, 0.25) is 1.43 Å². The van der Waals surface area contributed by atoms with Gasteiger partial charge in [0.05, 0.1) is 32.0 Å². The number of ether oxygens (including phenoxy) is 1. The van der Waals surface area contributed by atoms with Crippen molar-refractivity contribution >= 4 is 25.5 Å². The fourth-order valence-electron chi connectivity index (χ4n) is 6.41. The largest absolute Gasteiger partial charge is 0.400 e. The Hall–Kier alpha value is -2.75. The van der Waals surface area contributed by atoms with E-state index in [0.29, 0.717) is 55.7 Å². The fourth-order valence-corrected chi connectivity index (χ4v) is 8.10. The first-order valence-electron chi connectivity index (χ1n) is 17.7. The monoisotopic (exact) mass is 671 g/mol. The van der Waals surface area contributed by atoms with Crippen LogP contribution in [0.2, 0.25) is 0 Å². The molecule has 2 aliphatic rings. The summed E-state index contributed by atoms with van der Waals surface area (Å²) in [5.41, 5.74) is 1.63. The number of aliphatic hydroxyl groups is 1. The Bertz CT molecular complexity index is 1430. The molecule has 3 heterocycles. The molecule has 47 heavy (non-hydrogen) atoms. The molecule has 1 unspecified atom stereocenters.